The van der Waals surface area contributed by atoms with Gasteiger partial charge in [-0.3, -0.25) is 14.9 Å². The Labute approximate surface area is 203 Å². The number of hydrogen-bond donors (Lipinski definition) is 1. The van der Waals surface area contributed by atoms with Gasteiger partial charge in [-0.1, -0.05) is 37.3 Å². The van der Waals surface area contributed by atoms with Gasteiger partial charge < -0.3 is 9.30 Å². The van der Waals surface area contributed by atoms with Crippen LogP contribution >= 0.6 is 0 Å². The fraction of sp³-hybridized carbons (Fsp3) is 0.185. The number of aromatic nitrogens is 1. The second-order valence-electron chi connectivity index (χ2n) is 8.10. The van der Waals surface area contributed by atoms with Gasteiger partial charge in [0.1, 0.15) is 5.75 Å². The summed E-state index contributed by atoms with van der Waals surface area (Å²) in [5, 5.41) is 16.2. The third kappa shape index (κ3) is 5.38. The molecule has 8 heteroatoms. The Morgan fingerprint density at radius 1 is 1.09 bits per heavy atom. The summed E-state index contributed by atoms with van der Waals surface area (Å²) in [6, 6.07) is 21.4. The Balaban J connectivity index is 1.53. The van der Waals surface area contributed by atoms with Crippen molar-refractivity contribution in [2.45, 2.75) is 26.8 Å². The van der Waals surface area contributed by atoms with Gasteiger partial charge in [0.2, 0.25) is 0 Å². The first-order valence-electron chi connectivity index (χ1n) is 11.4. The van der Waals surface area contributed by atoms with Crippen molar-refractivity contribution in [3.05, 3.63) is 105 Å². The second-order valence-corrected chi connectivity index (χ2v) is 8.10. The maximum absolute atomic E-state index is 12.5. The molecular weight excluding hydrogens is 444 g/mol. The zero-order valence-corrected chi connectivity index (χ0v) is 19.6. The predicted octanol–water partition coefficient (Wildman–Crippen LogP) is 5.46. The molecule has 1 N–H and O–H groups in total. The minimum Gasteiger partial charge on any atom is -0.494 e. The highest BCUT2D eigenvalue weighted by atomic mass is 16.6. The van der Waals surface area contributed by atoms with Crippen LogP contribution in [0.3, 0.4) is 0 Å². The van der Waals surface area contributed by atoms with Gasteiger partial charge in [0, 0.05) is 46.4 Å². The first kappa shape index (κ1) is 23.7. The molecule has 1 aromatic heterocycles. The van der Waals surface area contributed by atoms with Gasteiger partial charge >= 0.3 is 0 Å². The number of carbonyl (C=O) groups is 1. The van der Waals surface area contributed by atoms with Crippen molar-refractivity contribution in [1.82, 2.24) is 9.99 Å². The number of benzene rings is 3. The van der Waals surface area contributed by atoms with E-state index in [-0.39, 0.29) is 11.6 Å². The number of non-ortho nitro benzene ring substituents is 1. The van der Waals surface area contributed by atoms with Crippen LogP contribution in [0.4, 0.5) is 5.69 Å². The number of fused-ring (bicyclic) bond motifs is 1. The summed E-state index contributed by atoms with van der Waals surface area (Å²) in [5.74, 6) is 0.416. The van der Waals surface area contributed by atoms with E-state index >= 15 is 0 Å². The summed E-state index contributed by atoms with van der Waals surface area (Å²) >= 11 is 0. The molecule has 0 spiro atoms. The van der Waals surface area contributed by atoms with Crippen LogP contribution in [0.1, 0.15) is 40.5 Å². The topological polar surface area (TPSA) is 98.8 Å². The number of rotatable bonds is 9. The molecule has 0 unspecified atom stereocenters. The SMILES string of the molecule is CCCOc1ccc(C(=O)N/N=C/c2c(C)n(Cc3ccc([N+](=O)[O-])cc3)c3ccccc23)cc1. The normalized spacial score (nSPS) is 11.1. The minimum absolute atomic E-state index is 0.0644. The second kappa shape index (κ2) is 10.6. The first-order chi connectivity index (χ1) is 17.0. The molecule has 4 aromatic rings. The summed E-state index contributed by atoms with van der Waals surface area (Å²) in [7, 11) is 0. The van der Waals surface area contributed by atoms with Crippen LogP contribution in [-0.4, -0.2) is 28.2 Å². The Morgan fingerprint density at radius 3 is 2.49 bits per heavy atom. The number of para-hydroxylation sites is 1. The molecule has 8 nitrogen and oxygen atoms in total. The van der Waals surface area contributed by atoms with Gasteiger partial charge in [-0.05, 0) is 49.2 Å². The zero-order chi connectivity index (χ0) is 24.8. The Morgan fingerprint density at radius 2 is 1.80 bits per heavy atom. The molecule has 0 fully saturated rings. The summed E-state index contributed by atoms with van der Waals surface area (Å²) < 4.78 is 7.68. The molecule has 0 bridgehead atoms. The van der Waals surface area contributed by atoms with Crippen molar-refractivity contribution in [2.75, 3.05) is 6.61 Å². The first-order valence-corrected chi connectivity index (χ1v) is 11.4. The standard InChI is InChI=1S/C27H26N4O4/c1-3-16-35-23-14-10-21(11-15-23)27(32)29-28-17-25-19(2)30(26-7-5-4-6-24(25)26)18-20-8-12-22(13-9-20)31(33)34/h4-15,17H,3,16,18H2,1-2H3,(H,29,32)/b28-17+. The highest BCUT2D eigenvalue weighted by molar-refractivity contribution is 6.02. The van der Waals surface area contributed by atoms with Crippen molar-refractivity contribution < 1.29 is 14.5 Å². The molecule has 0 saturated carbocycles. The highest BCUT2D eigenvalue weighted by Crippen LogP contribution is 2.26. The molecule has 35 heavy (non-hydrogen) atoms. The van der Waals surface area contributed by atoms with Crippen LogP contribution in [0.5, 0.6) is 5.75 Å². The number of ether oxygens (including phenoxy) is 1. The number of hydrazone groups is 1. The molecule has 178 valence electrons. The van der Waals surface area contributed by atoms with E-state index in [9.17, 15) is 14.9 Å². The maximum atomic E-state index is 12.5. The van der Waals surface area contributed by atoms with Gasteiger partial charge in [-0.2, -0.15) is 5.10 Å². The summed E-state index contributed by atoms with van der Waals surface area (Å²) in [6.45, 7) is 5.21. The van der Waals surface area contributed by atoms with E-state index in [4.69, 9.17) is 4.74 Å². The van der Waals surface area contributed by atoms with E-state index in [2.05, 4.69) is 15.1 Å². The van der Waals surface area contributed by atoms with Crippen LogP contribution in [0.2, 0.25) is 0 Å². The molecule has 0 aliphatic heterocycles. The van der Waals surface area contributed by atoms with Crippen LogP contribution in [0, 0.1) is 17.0 Å². The number of amides is 1. The van der Waals surface area contributed by atoms with Gasteiger partial charge in [-0.15, -0.1) is 0 Å². The van der Waals surface area contributed by atoms with Crippen molar-refractivity contribution in [3.63, 3.8) is 0 Å². The maximum Gasteiger partial charge on any atom is 0.271 e. The van der Waals surface area contributed by atoms with E-state index < -0.39 is 4.92 Å². The van der Waals surface area contributed by atoms with E-state index in [1.54, 1.807) is 42.6 Å². The molecular formula is C27H26N4O4. The fourth-order valence-electron chi connectivity index (χ4n) is 3.87. The molecule has 1 heterocycles. The summed E-state index contributed by atoms with van der Waals surface area (Å²) in [4.78, 5) is 23.1. The van der Waals surface area contributed by atoms with E-state index in [1.807, 2.05) is 38.1 Å². The van der Waals surface area contributed by atoms with Gasteiger partial charge in [0.15, 0.2) is 0 Å². The van der Waals surface area contributed by atoms with E-state index in [0.29, 0.717) is 18.7 Å². The Bertz CT molecular complexity index is 1370. The average Bonchev–Trinajstić information content (AvgIpc) is 3.14. The van der Waals surface area contributed by atoms with Crippen LogP contribution in [0.15, 0.2) is 77.9 Å². The van der Waals surface area contributed by atoms with Crippen molar-refractivity contribution in [2.24, 2.45) is 5.10 Å². The van der Waals surface area contributed by atoms with Crippen molar-refractivity contribution >= 4 is 28.7 Å². The average molecular weight is 471 g/mol. The number of nitro benzene ring substituents is 1. The molecule has 3 aromatic carbocycles. The Hall–Kier alpha value is -4.46. The zero-order valence-electron chi connectivity index (χ0n) is 19.6. The molecule has 0 radical (unpaired) electrons. The number of hydrogen-bond acceptors (Lipinski definition) is 5. The summed E-state index contributed by atoms with van der Waals surface area (Å²) in [6.07, 6.45) is 2.57. The minimum atomic E-state index is -0.405. The van der Waals surface area contributed by atoms with Crippen LogP contribution in [-0.2, 0) is 6.54 Å². The van der Waals surface area contributed by atoms with Crippen LogP contribution in [0.25, 0.3) is 10.9 Å². The van der Waals surface area contributed by atoms with Crippen molar-refractivity contribution in [1.29, 1.82) is 0 Å². The molecule has 0 aliphatic rings. The third-order valence-electron chi connectivity index (χ3n) is 5.72. The van der Waals surface area contributed by atoms with Gasteiger partial charge in [-0.25, -0.2) is 5.43 Å². The van der Waals surface area contributed by atoms with Gasteiger partial charge in [0.25, 0.3) is 11.6 Å². The molecule has 0 saturated heterocycles. The van der Waals surface area contributed by atoms with Crippen molar-refractivity contribution in [3.8, 4) is 5.75 Å². The number of carbonyl (C=O) groups excluding carboxylic acids is 1. The van der Waals surface area contributed by atoms with Crippen LogP contribution < -0.4 is 10.2 Å². The smallest absolute Gasteiger partial charge is 0.271 e. The lowest BCUT2D eigenvalue weighted by molar-refractivity contribution is -0.384. The predicted molar refractivity (Wildman–Crippen MR) is 136 cm³/mol. The lowest BCUT2D eigenvalue weighted by Gasteiger charge is -2.08. The van der Waals surface area contributed by atoms with Gasteiger partial charge in [0.05, 0.1) is 17.7 Å². The number of nitrogens with one attached hydrogen (secondary N) is 1. The number of nitrogens with zero attached hydrogens (tertiary/aromatic N) is 3. The molecule has 0 atom stereocenters. The lowest BCUT2D eigenvalue weighted by Crippen LogP contribution is -2.17. The number of nitro groups is 1. The lowest BCUT2D eigenvalue weighted by atomic mass is 10.1. The summed E-state index contributed by atoms with van der Waals surface area (Å²) in [5.41, 5.74) is 6.97. The highest BCUT2D eigenvalue weighted by Gasteiger charge is 2.14. The third-order valence-corrected chi connectivity index (χ3v) is 5.72. The van der Waals surface area contributed by atoms with E-state index in [0.717, 1.165) is 39.9 Å². The largest absolute Gasteiger partial charge is 0.494 e. The molecule has 0 aliphatic carbocycles. The Kier molecular flexibility index (Phi) is 7.21. The quantitative estimate of drug-likeness (QED) is 0.199. The monoisotopic (exact) mass is 470 g/mol. The fourth-order valence-corrected chi connectivity index (χ4v) is 3.87. The van der Waals surface area contributed by atoms with E-state index in [1.165, 1.54) is 12.1 Å². The molecule has 1 amide bonds. The molecule has 4 rings (SSSR count).